The SMILES string of the molecule is CCOC(=O)C1(C(=O)OCC)C=C(C(C)(C)OC(C)=O)c2cc(OC)ccc21. The Hall–Kier alpha value is -2.83. The molecule has 0 amide bonds. The number of carbonyl (C=O) groups is 3. The number of esters is 3. The molecule has 1 aromatic carbocycles. The van der Waals surface area contributed by atoms with Crippen LogP contribution in [0.25, 0.3) is 5.57 Å². The van der Waals surface area contributed by atoms with E-state index in [1.54, 1.807) is 45.9 Å². The zero-order chi connectivity index (χ0) is 21.1. The molecule has 0 bridgehead atoms. The van der Waals surface area contributed by atoms with E-state index < -0.39 is 28.9 Å². The molecule has 0 N–H and O–H groups in total. The smallest absolute Gasteiger partial charge is 0.332 e. The second kappa shape index (κ2) is 8.04. The predicted molar refractivity (Wildman–Crippen MR) is 102 cm³/mol. The van der Waals surface area contributed by atoms with Crippen LogP contribution in [0.15, 0.2) is 24.3 Å². The van der Waals surface area contributed by atoms with E-state index in [0.29, 0.717) is 22.4 Å². The molecule has 0 unspecified atom stereocenters. The van der Waals surface area contributed by atoms with E-state index in [-0.39, 0.29) is 13.2 Å². The maximum atomic E-state index is 13.0. The molecule has 0 radical (unpaired) electrons. The van der Waals surface area contributed by atoms with Crippen LogP contribution in [0, 0.1) is 0 Å². The highest BCUT2D eigenvalue weighted by molar-refractivity contribution is 6.13. The molecule has 2 rings (SSSR count). The first-order chi connectivity index (χ1) is 13.1. The lowest BCUT2D eigenvalue weighted by Gasteiger charge is -2.27. The first kappa shape index (κ1) is 21.5. The molecule has 7 heteroatoms. The van der Waals surface area contributed by atoms with Crippen LogP contribution in [0.1, 0.15) is 45.7 Å². The second-order valence-corrected chi connectivity index (χ2v) is 6.82. The number of methoxy groups -OCH3 is 1. The molecular formula is C21H26O7. The fraction of sp³-hybridized carbons (Fsp3) is 0.476. The lowest BCUT2D eigenvalue weighted by molar-refractivity contribution is -0.161. The predicted octanol–water partition coefficient (Wildman–Crippen LogP) is 2.80. The maximum Gasteiger partial charge on any atom is 0.332 e. The molecule has 1 aliphatic carbocycles. The minimum atomic E-state index is -1.78. The summed E-state index contributed by atoms with van der Waals surface area (Å²) in [4.78, 5) is 37.6. The van der Waals surface area contributed by atoms with Crippen molar-refractivity contribution in [2.45, 2.75) is 45.6 Å². The van der Waals surface area contributed by atoms with Gasteiger partial charge in [-0.2, -0.15) is 0 Å². The van der Waals surface area contributed by atoms with E-state index in [4.69, 9.17) is 18.9 Å². The van der Waals surface area contributed by atoms with Gasteiger partial charge in [-0.05, 0) is 57.0 Å². The molecule has 0 aliphatic heterocycles. The lowest BCUT2D eigenvalue weighted by atomic mass is 9.82. The van der Waals surface area contributed by atoms with Crippen molar-refractivity contribution in [3.05, 3.63) is 35.4 Å². The van der Waals surface area contributed by atoms with Gasteiger partial charge in [0.15, 0.2) is 0 Å². The van der Waals surface area contributed by atoms with Crippen molar-refractivity contribution in [2.75, 3.05) is 20.3 Å². The van der Waals surface area contributed by atoms with Crippen molar-refractivity contribution in [2.24, 2.45) is 0 Å². The summed E-state index contributed by atoms with van der Waals surface area (Å²) in [6, 6.07) is 4.99. The molecule has 0 atom stereocenters. The molecule has 28 heavy (non-hydrogen) atoms. The van der Waals surface area contributed by atoms with Crippen LogP contribution in [0.4, 0.5) is 0 Å². The van der Waals surface area contributed by atoms with E-state index in [1.807, 2.05) is 0 Å². The highest BCUT2D eigenvalue weighted by Crippen LogP contribution is 2.48. The highest BCUT2D eigenvalue weighted by atomic mass is 16.6. The van der Waals surface area contributed by atoms with Crippen LogP contribution in [0.3, 0.4) is 0 Å². The minimum absolute atomic E-state index is 0.0992. The molecule has 0 spiro atoms. The van der Waals surface area contributed by atoms with Gasteiger partial charge in [0.2, 0.25) is 5.41 Å². The Morgan fingerprint density at radius 3 is 2.07 bits per heavy atom. The van der Waals surface area contributed by atoms with Crippen molar-refractivity contribution < 1.29 is 33.3 Å². The molecule has 1 aromatic rings. The van der Waals surface area contributed by atoms with Crippen LogP contribution in [0.5, 0.6) is 5.75 Å². The summed E-state index contributed by atoms with van der Waals surface area (Å²) in [5, 5.41) is 0. The molecule has 7 nitrogen and oxygen atoms in total. The van der Waals surface area contributed by atoms with Gasteiger partial charge in [-0.25, -0.2) is 0 Å². The molecule has 0 saturated heterocycles. The summed E-state index contributed by atoms with van der Waals surface area (Å²) in [6.45, 7) is 8.20. The Balaban J connectivity index is 2.80. The normalized spacial score (nSPS) is 14.6. The topological polar surface area (TPSA) is 88.1 Å². The van der Waals surface area contributed by atoms with Gasteiger partial charge >= 0.3 is 17.9 Å². The third kappa shape index (κ3) is 3.61. The van der Waals surface area contributed by atoms with Crippen molar-refractivity contribution in [1.82, 2.24) is 0 Å². The van der Waals surface area contributed by atoms with Gasteiger partial charge < -0.3 is 18.9 Å². The van der Waals surface area contributed by atoms with E-state index in [1.165, 1.54) is 20.1 Å². The van der Waals surface area contributed by atoms with Crippen LogP contribution in [-0.4, -0.2) is 43.8 Å². The molecule has 0 saturated carbocycles. The Bertz CT molecular complexity index is 802. The average molecular weight is 390 g/mol. The van der Waals surface area contributed by atoms with Crippen molar-refractivity contribution in [3.8, 4) is 5.75 Å². The Kier molecular flexibility index (Phi) is 6.17. The summed E-state index contributed by atoms with van der Waals surface area (Å²) < 4.78 is 21.2. The van der Waals surface area contributed by atoms with Crippen LogP contribution in [-0.2, 0) is 34.0 Å². The Morgan fingerprint density at radius 2 is 1.61 bits per heavy atom. The summed E-state index contributed by atoms with van der Waals surface area (Å²) in [5.74, 6) is -1.44. The second-order valence-electron chi connectivity index (χ2n) is 6.82. The van der Waals surface area contributed by atoms with E-state index in [9.17, 15) is 14.4 Å². The number of rotatable bonds is 7. The largest absolute Gasteiger partial charge is 0.497 e. The molecule has 0 fully saturated rings. The van der Waals surface area contributed by atoms with E-state index >= 15 is 0 Å². The van der Waals surface area contributed by atoms with E-state index in [0.717, 1.165) is 0 Å². The quantitative estimate of drug-likeness (QED) is 0.402. The number of carbonyl (C=O) groups excluding carboxylic acids is 3. The molecule has 0 heterocycles. The number of benzene rings is 1. The third-order valence-electron chi connectivity index (χ3n) is 4.54. The van der Waals surface area contributed by atoms with E-state index in [2.05, 4.69) is 0 Å². The summed E-state index contributed by atoms with van der Waals surface area (Å²) in [7, 11) is 1.52. The van der Waals surface area contributed by atoms with Gasteiger partial charge in [0.05, 0.1) is 20.3 Å². The van der Waals surface area contributed by atoms with Crippen molar-refractivity contribution in [3.63, 3.8) is 0 Å². The minimum Gasteiger partial charge on any atom is -0.497 e. The summed E-state index contributed by atoms with van der Waals surface area (Å²) in [6.07, 6.45) is 1.48. The zero-order valence-corrected chi connectivity index (χ0v) is 17.1. The fourth-order valence-corrected chi connectivity index (χ4v) is 3.41. The van der Waals surface area contributed by atoms with Crippen LogP contribution >= 0.6 is 0 Å². The van der Waals surface area contributed by atoms with Gasteiger partial charge in [0, 0.05) is 12.5 Å². The number of hydrogen-bond acceptors (Lipinski definition) is 7. The summed E-state index contributed by atoms with van der Waals surface area (Å²) in [5.41, 5.74) is -1.42. The first-order valence-corrected chi connectivity index (χ1v) is 9.10. The van der Waals surface area contributed by atoms with Gasteiger partial charge in [-0.15, -0.1) is 0 Å². The van der Waals surface area contributed by atoms with Gasteiger partial charge in [-0.3, -0.25) is 14.4 Å². The van der Waals surface area contributed by atoms with Crippen LogP contribution < -0.4 is 4.74 Å². The zero-order valence-electron chi connectivity index (χ0n) is 17.1. The number of fused-ring (bicyclic) bond motifs is 1. The molecular weight excluding hydrogens is 364 g/mol. The van der Waals surface area contributed by atoms with Crippen molar-refractivity contribution in [1.29, 1.82) is 0 Å². The monoisotopic (exact) mass is 390 g/mol. The Morgan fingerprint density at radius 1 is 1.04 bits per heavy atom. The number of hydrogen-bond donors (Lipinski definition) is 0. The van der Waals surface area contributed by atoms with Gasteiger partial charge in [0.25, 0.3) is 0 Å². The Labute approximate surface area is 164 Å². The average Bonchev–Trinajstić information content (AvgIpc) is 2.97. The highest BCUT2D eigenvalue weighted by Gasteiger charge is 2.55. The number of ether oxygens (including phenoxy) is 4. The lowest BCUT2D eigenvalue weighted by Crippen LogP contribution is -2.43. The van der Waals surface area contributed by atoms with Crippen LogP contribution in [0.2, 0.25) is 0 Å². The maximum absolute atomic E-state index is 13.0. The first-order valence-electron chi connectivity index (χ1n) is 9.10. The fourth-order valence-electron chi connectivity index (χ4n) is 3.41. The van der Waals surface area contributed by atoms with Gasteiger partial charge in [-0.1, -0.05) is 6.07 Å². The summed E-state index contributed by atoms with van der Waals surface area (Å²) >= 11 is 0. The molecule has 0 aromatic heterocycles. The van der Waals surface area contributed by atoms with Gasteiger partial charge in [0.1, 0.15) is 11.4 Å². The standard InChI is InChI=1S/C21H26O7/c1-7-26-18(23)21(19(24)27-8-2)12-17(20(4,5)28-13(3)22)15-11-14(25-6)9-10-16(15)21/h9-12H,7-8H2,1-6H3. The van der Waals surface area contributed by atoms with Crippen molar-refractivity contribution >= 4 is 23.5 Å². The molecule has 1 aliphatic rings. The molecule has 152 valence electrons. The third-order valence-corrected chi connectivity index (χ3v) is 4.54.